The number of nitriles is 1. The number of anilines is 3. The Balaban J connectivity index is 2.33. The molecule has 0 radical (unpaired) electrons. The predicted molar refractivity (Wildman–Crippen MR) is 81.7 cm³/mol. The number of nitrogens with zero attached hydrogens (tertiary/aromatic N) is 5. The van der Waals surface area contributed by atoms with E-state index in [2.05, 4.69) is 32.3 Å². The third-order valence-corrected chi connectivity index (χ3v) is 3.24. The van der Waals surface area contributed by atoms with Gasteiger partial charge in [-0.05, 0) is 6.92 Å². The topological polar surface area (TPSA) is 91.5 Å². The molecule has 2 rings (SSSR count). The zero-order valence-electron chi connectivity index (χ0n) is 12.9. The number of alkyl halides is 3. The SMILES string of the molecule is C=CC(C#N)n1ncc(Nc2ncc(C(F)(F)F)c(NC)n2)c1C. The number of aromatic nitrogens is 4. The first-order valence-corrected chi connectivity index (χ1v) is 6.77. The lowest BCUT2D eigenvalue weighted by Crippen LogP contribution is -2.12. The molecule has 2 N–H and O–H groups in total. The Kier molecular flexibility index (Phi) is 4.73. The molecule has 0 fully saturated rings. The third kappa shape index (κ3) is 3.29. The highest BCUT2D eigenvalue weighted by atomic mass is 19.4. The Labute approximate surface area is 135 Å². The molecule has 24 heavy (non-hydrogen) atoms. The number of halogens is 3. The van der Waals surface area contributed by atoms with E-state index in [0.29, 0.717) is 17.6 Å². The van der Waals surface area contributed by atoms with Crippen LogP contribution in [0.3, 0.4) is 0 Å². The van der Waals surface area contributed by atoms with Crippen molar-refractivity contribution in [1.82, 2.24) is 19.7 Å². The molecule has 0 saturated heterocycles. The van der Waals surface area contributed by atoms with Gasteiger partial charge in [0, 0.05) is 13.2 Å². The maximum absolute atomic E-state index is 12.8. The molecule has 1 unspecified atom stereocenters. The molecule has 0 aliphatic heterocycles. The summed E-state index contributed by atoms with van der Waals surface area (Å²) in [5.41, 5.74) is 0.106. The van der Waals surface area contributed by atoms with E-state index in [4.69, 9.17) is 5.26 Å². The molecule has 0 aliphatic carbocycles. The highest BCUT2D eigenvalue weighted by molar-refractivity contribution is 5.58. The van der Waals surface area contributed by atoms with Crippen LogP contribution in [0.15, 0.2) is 25.0 Å². The van der Waals surface area contributed by atoms with E-state index in [1.54, 1.807) is 6.92 Å². The largest absolute Gasteiger partial charge is 0.421 e. The third-order valence-electron chi connectivity index (χ3n) is 3.24. The Bertz CT molecular complexity index is 789. The molecule has 2 aromatic rings. The summed E-state index contributed by atoms with van der Waals surface area (Å²) < 4.78 is 39.9. The predicted octanol–water partition coefficient (Wildman–Crippen LogP) is 3.04. The average Bonchev–Trinajstić information content (AvgIpc) is 2.89. The van der Waals surface area contributed by atoms with Crippen LogP contribution in [0, 0.1) is 18.3 Å². The van der Waals surface area contributed by atoms with Crippen molar-refractivity contribution < 1.29 is 13.2 Å². The lowest BCUT2D eigenvalue weighted by Gasteiger charge is -2.13. The lowest BCUT2D eigenvalue weighted by atomic mass is 10.3. The molecule has 0 amide bonds. The first-order valence-electron chi connectivity index (χ1n) is 6.77. The van der Waals surface area contributed by atoms with E-state index in [1.807, 2.05) is 6.07 Å². The summed E-state index contributed by atoms with van der Waals surface area (Å²) in [5, 5.41) is 18.3. The molecule has 2 aromatic heterocycles. The van der Waals surface area contributed by atoms with Gasteiger partial charge < -0.3 is 10.6 Å². The molecule has 1 atom stereocenters. The average molecular weight is 337 g/mol. The van der Waals surface area contributed by atoms with Crippen molar-refractivity contribution in [1.29, 1.82) is 5.26 Å². The van der Waals surface area contributed by atoms with Gasteiger partial charge in [0.05, 0.1) is 23.6 Å². The van der Waals surface area contributed by atoms with E-state index < -0.39 is 17.8 Å². The van der Waals surface area contributed by atoms with Gasteiger partial charge in [0.2, 0.25) is 5.95 Å². The smallest absolute Gasteiger partial charge is 0.372 e. The minimum Gasteiger partial charge on any atom is -0.372 e. The van der Waals surface area contributed by atoms with E-state index in [9.17, 15) is 13.2 Å². The Hall–Kier alpha value is -3.09. The molecular formula is C14H14F3N7. The number of hydrogen-bond donors (Lipinski definition) is 2. The van der Waals surface area contributed by atoms with Crippen molar-refractivity contribution in [2.75, 3.05) is 17.7 Å². The summed E-state index contributed by atoms with van der Waals surface area (Å²) in [6, 6.07) is 1.37. The summed E-state index contributed by atoms with van der Waals surface area (Å²) in [7, 11) is 1.34. The highest BCUT2D eigenvalue weighted by Gasteiger charge is 2.35. The zero-order valence-corrected chi connectivity index (χ0v) is 12.9. The van der Waals surface area contributed by atoms with Gasteiger partial charge in [-0.15, -0.1) is 0 Å². The molecule has 126 valence electrons. The number of rotatable bonds is 5. The molecule has 7 nitrogen and oxygen atoms in total. The summed E-state index contributed by atoms with van der Waals surface area (Å²) in [6.45, 7) is 5.26. The molecule has 0 spiro atoms. The van der Waals surface area contributed by atoms with Crippen LogP contribution in [0.4, 0.5) is 30.6 Å². The fourth-order valence-electron chi connectivity index (χ4n) is 1.99. The van der Waals surface area contributed by atoms with E-state index >= 15 is 0 Å². The maximum Gasteiger partial charge on any atom is 0.421 e. The molecule has 2 heterocycles. The van der Waals surface area contributed by atoms with Crippen LogP contribution < -0.4 is 10.6 Å². The number of hydrogen-bond acceptors (Lipinski definition) is 6. The summed E-state index contributed by atoms with van der Waals surface area (Å²) in [4.78, 5) is 7.49. The van der Waals surface area contributed by atoms with Crippen LogP contribution in [0.1, 0.15) is 17.3 Å². The van der Waals surface area contributed by atoms with E-state index in [1.165, 1.54) is 24.0 Å². The van der Waals surface area contributed by atoms with Crippen LogP contribution in [-0.2, 0) is 6.18 Å². The van der Waals surface area contributed by atoms with Crippen LogP contribution in [0.25, 0.3) is 0 Å². The first kappa shape index (κ1) is 17.3. The van der Waals surface area contributed by atoms with Gasteiger partial charge in [0.15, 0.2) is 6.04 Å². The van der Waals surface area contributed by atoms with Crippen LogP contribution in [0.2, 0.25) is 0 Å². The second-order valence-electron chi connectivity index (χ2n) is 4.73. The molecule has 0 bridgehead atoms. The van der Waals surface area contributed by atoms with Gasteiger partial charge in [0.1, 0.15) is 11.4 Å². The Morgan fingerprint density at radius 1 is 1.42 bits per heavy atom. The second kappa shape index (κ2) is 6.57. The minimum atomic E-state index is -4.55. The minimum absolute atomic E-state index is 0.0258. The van der Waals surface area contributed by atoms with Crippen molar-refractivity contribution in [2.45, 2.75) is 19.1 Å². The zero-order chi connectivity index (χ0) is 17.9. The van der Waals surface area contributed by atoms with Crippen molar-refractivity contribution in [3.05, 3.63) is 36.3 Å². The lowest BCUT2D eigenvalue weighted by molar-refractivity contribution is -0.137. The summed E-state index contributed by atoms with van der Waals surface area (Å²) in [6.07, 6.45) is -0.995. The van der Waals surface area contributed by atoms with Crippen molar-refractivity contribution >= 4 is 17.5 Å². The van der Waals surface area contributed by atoms with Crippen molar-refractivity contribution in [2.24, 2.45) is 0 Å². The van der Waals surface area contributed by atoms with E-state index in [0.717, 1.165) is 0 Å². The number of nitrogens with one attached hydrogen (secondary N) is 2. The van der Waals surface area contributed by atoms with Crippen LogP contribution in [-0.4, -0.2) is 26.8 Å². The molecule has 0 saturated carbocycles. The Morgan fingerprint density at radius 2 is 2.12 bits per heavy atom. The Morgan fingerprint density at radius 3 is 2.67 bits per heavy atom. The molecular weight excluding hydrogens is 323 g/mol. The monoisotopic (exact) mass is 337 g/mol. The van der Waals surface area contributed by atoms with Crippen LogP contribution in [0.5, 0.6) is 0 Å². The fourth-order valence-corrected chi connectivity index (χ4v) is 1.99. The van der Waals surface area contributed by atoms with Crippen molar-refractivity contribution in [3.8, 4) is 6.07 Å². The van der Waals surface area contributed by atoms with Gasteiger partial charge in [0.25, 0.3) is 0 Å². The second-order valence-corrected chi connectivity index (χ2v) is 4.73. The van der Waals surface area contributed by atoms with Gasteiger partial charge in [-0.2, -0.15) is 28.5 Å². The molecule has 0 aliphatic rings. The normalized spacial score (nSPS) is 12.3. The van der Waals surface area contributed by atoms with Gasteiger partial charge in [-0.1, -0.05) is 12.7 Å². The standard InChI is InChI=1S/C14H14F3N7/c1-4-9(5-18)24-8(2)11(7-21-24)22-13-20-6-10(14(15,16)17)12(19-3)23-13/h4,6-7,9H,1H2,2-3H3,(H2,19,20,22,23). The highest BCUT2D eigenvalue weighted by Crippen LogP contribution is 2.34. The quantitative estimate of drug-likeness (QED) is 0.815. The van der Waals surface area contributed by atoms with Gasteiger partial charge >= 0.3 is 6.18 Å². The first-order chi connectivity index (χ1) is 11.3. The molecule has 0 aromatic carbocycles. The van der Waals surface area contributed by atoms with Crippen molar-refractivity contribution in [3.63, 3.8) is 0 Å². The van der Waals surface area contributed by atoms with E-state index in [-0.39, 0.29) is 11.8 Å². The fraction of sp³-hybridized carbons (Fsp3) is 0.286. The summed E-state index contributed by atoms with van der Waals surface area (Å²) in [5.74, 6) is -0.367. The summed E-state index contributed by atoms with van der Waals surface area (Å²) >= 11 is 0. The van der Waals surface area contributed by atoms with Gasteiger partial charge in [-0.3, -0.25) is 0 Å². The van der Waals surface area contributed by atoms with Crippen LogP contribution >= 0.6 is 0 Å². The molecule has 10 heteroatoms. The van der Waals surface area contributed by atoms with Gasteiger partial charge in [-0.25, -0.2) is 9.67 Å². The maximum atomic E-state index is 12.8. The number of allylic oxidation sites excluding steroid dienone is 1.